The second-order valence-corrected chi connectivity index (χ2v) is 6.58. The van der Waals surface area contributed by atoms with Gasteiger partial charge in [-0.15, -0.1) is 0 Å². The van der Waals surface area contributed by atoms with Crippen molar-refractivity contribution in [1.82, 2.24) is 9.03 Å². The summed E-state index contributed by atoms with van der Waals surface area (Å²) < 4.78 is 27.1. The van der Waals surface area contributed by atoms with Crippen LogP contribution in [0.5, 0.6) is 0 Å². The second-order valence-electron chi connectivity index (χ2n) is 4.83. The van der Waals surface area contributed by atoms with E-state index in [4.69, 9.17) is 5.11 Å². The Morgan fingerprint density at radius 1 is 1.24 bits per heavy atom. The minimum absolute atomic E-state index is 0.0741. The van der Waals surface area contributed by atoms with Crippen molar-refractivity contribution in [3.63, 3.8) is 0 Å². The van der Waals surface area contributed by atoms with E-state index in [0.717, 1.165) is 4.31 Å². The summed E-state index contributed by atoms with van der Waals surface area (Å²) in [7, 11) is -3.71. The number of hydrogen-bond acceptors (Lipinski definition) is 3. The molecular weight excluding hydrogens is 244 g/mol. The molecule has 102 valence electrons. The van der Waals surface area contributed by atoms with Gasteiger partial charge in [0.2, 0.25) is 0 Å². The molecule has 0 atom stereocenters. The van der Waals surface area contributed by atoms with Gasteiger partial charge in [0.1, 0.15) is 6.54 Å². The van der Waals surface area contributed by atoms with Gasteiger partial charge in [-0.05, 0) is 11.8 Å². The lowest BCUT2D eigenvalue weighted by molar-refractivity contribution is -0.137. The van der Waals surface area contributed by atoms with Crippen LogP contribution in [0.15, 0.2) is 0 Å². The van der Waals surface area contributed by atoms with Crippen molar-refractivity contribution in [3.05, 3.63) is 0 Å². The number of aliphatic carboxylic acids is 1. The minimum Gasteiger partial charge on any atom is -0.480 e. The summed E-state index contributed by atoms with van der Waals surface area (Å²) in [5, 5.41) is 8.70. The summed E-state index contributed by atoms with van der Waals surface area (Å²) in [6, 6.07) is 0. The molecule has 0 unspecified atom stereocenters. The zero-order chi connectivity index (χ0) is 13.6. The molecule has 0 aromatic heterocycles. The SMILES string of the molecule is CC(C)CNS(=O)(=O)N(CC(=O)O)CC(C)C. The monoisotopic (exact) mass is 266 g/mol. The zero-order valence-electron chi connectivity index (χ0n) is 10.8. The molecule has 0 aromatic rings. The number of carboxylic acid groups (broad SMARTS) is 1. The molecule has 0 bridgehead atoms. The minimum atomic E-state index is -3.71. The molecule has 0 radical (unpaired) electrons. The first-order chi connectivity index (χ1) is 7.65. The quantitative estimate of drug-likeness (QED) is 0.670. The lowest BCUT2D eigenvalue weighted by Crippen LogP contribution is -2.45. The molecule has 0 rings (SSSR count). The molecule has 7 heteroatoms. The highest BCUT2D eigenvalue weighted by molar-refractivity contribution is 7.87. The Balaban J connectivity index is 4.70. The van der Waals surface area contributed by atoms with Gasteiger partial charge >= 0.3 is 5.97 Å². The van der Waals surface area contributed by atoms with Crippen LogP contribution < -0.4 is 4.72 Å². The fourth-order valence-electron chi connectivity index (χ4n) is 1.17. The van der Waals surface area contributed by atoms with Crippen LogP contribution in [0.3, 0.4) is 0 Å². The summed E-state index contributed by atoms with van der Waals surface area (Å²) >= 11 is 0. The van der Waals surface area contributed by atoms with E-state index < -0.39 is 22.7 Å². The van der Waals surface area contributed by atoms with Crippen molar-refractivity contribution in [1.29, 1.82) is 0 Å². The van der Waals surface area contributed by atoms with Gasteiger partial charge in [-0.3, -0.25) is 4.79 Å². The molecular formula is C10H22N2O4S. The number of rotatable bonds is 8. The Morgan fingerprint density at radius 2 is 1.76 bits per heavy atom. The van der Waals surface area contributed by atoms with Gasteiger partial charge < -0.3 is 5.11 Å². The predicted octanol–water partition coefficient (Wildman–Crippen LogP) is 0.519. The molecule has 17 heavy (non-hydrogen) atoms. The molecule has 0 saturated heterocycles. The van der Waals surface area contributed by atoms with Crippen LogP contribution in [-0.2, 0) is 15.0 Å². The summed E-state index contributed by atoms with van der Waals surface area (Å²) in [6.07, 6.45) is 0. The van der Waals surface area contributed by atoms with Crippen molar-refractivity contribution >= 4 is 16.2 Å². The zero-order valence-corrected chi connectivity index (χ0v) is 11.6. The Labute approximate surface area is 103 Å². The Hall–Kier alpha value is -0.660. The molecule has 0 aliphatic rings. The molecule has 0 aromatic carbocycles. The van der Waals surface area contributed by atoms with E-state index in [1.165, 1.54) is 0 Å². The smallest absolute Gasteiger partial charge is 0.318 e. The van der Waals surface area contributed by atoms with Crippen LogP contribution >= 0.6 is 0 Å². The van der Waals surface area contributed by atoms with Crippen molar-refractivity contribution in [2.75, 3.05) is 19.6 Å². The summed E-state index contributed by atoms with van der Waals surface area (Å²) in [4.78, 5) is 10.6. The van der Waals surface area contributed by atoms with Gasteiger partial charge in [0.05, 0.1) is 0 Å². The summed E-state index contributed by atoms with van der Waals surface area (Å²) in [5.74, 6) is -0.902. The van der Waals surface area contributed by atoms with Gasteiger partial charge in [0.15, 0.2) is 0 Å². The van der Waals surface area contributed by atoms with Crippen molar-refractivity contribution in [2.24, 2.45) is 11.8 Å². The van der Waals surface area contributed by atoms with E-state index in [2.05, 4.69) is 4.72 Å². The average molecular weight is 266 g/mol. The van der Waals surface area contributed by atoms with Gasteiger partial charge in [0, 0.05) is 13.1 Å². The third-order valence-corrected chi connectivity index (χ3v) is 3.38. The van der Waals surface area contributed by atoms with Crippen LogP contribution in [0.1, 0.15) is 27.7 Å². The van der Waals surface area contributed by atoms with E-state index in [1.54, 1.807) is 0 Å². The normalized spacial score (nSPS) is 12.6. The van der Waals surface area contributed by atoms with Gasteiger partial charge in [-0.1, -0.05) is 27.7 Å². The maximum absolute atomic E-state index is 11.9. The summed E-state index contributed by atoms with van der Waals surface area (Å²) in [5.41, 5.74) is 0. The van der Waals surface area contributed by atoms with E-state index in [9.17, 15) is 13.2 Å². The van der Waals surface area contributed by atoms with Crippen LogP contribution in [0, 0.1) is 11.8 Å². The lowest BCUT2D eigenvalue weighted by Gasteiger charge is -2.22. The highest BCUT2D eigenvalue weighted by Crippen LogP contribution is 2.04. The first kappa shape index (κ1) is 16.3. The largest absolute Gasteiger partial charge is 0.480 e. The molecule has 0 spiro atoms. The molecule has 2 N–H and O–H groups in total. The fraction of sp³-hybridized carbons (Fsp3) is 0.900. The number of hydrogen-bond donors (Lipinski definition) is 2. The number of carbonyl (C=O) groups is 1. The molecule has 0 amide bonds. The van der Waals surface area contributed by atoms with Gasteiger partial charge in [0.25, 0.3) is 10.2 Å². The van der Waals surface area contributed by atoms with Crippen LogP contribution in [0.2, 0.25) is 0 Å². The van der Waals surface area contributed by atoms with Crippen molar-refractivity contribution in [2.45, 2.75) is 27.7 Å². The molecule has 0 fully saturated rings. The van der Waals surface area contributed by atoms with Crippen LogP contribution in [0.4, 0.5) is 0 Å². The molecule has 6 nitrogen and oxygen atoms in total. The maximum atomic E-state index is 11.9. The van der Waals surface area contributed by atoms with Crippen molar-refractivity contribution in [3.8, 4) is 0 Å². The van der Waals surface area contributed by atoms with Gasteiger partial charge in [-0.2, -0.15) is 12.7 Å². The Bertz CT molecular complexity index is 338. The van der Waals surface area contributed by atoms with E-state index in [-0.39, 0.29) is 18.4 Å². The fourth-order valence-corrected chi connectivity index (χ4v) is 2.67. The van der Waals surface area contributed by atoms with Gasteiger partial charge in [-0.25, -0.2) is 4.72 Å². The van der Waals surface area contributed by atoms with Crippen molar-refractivity contribution < 1.29 is 18.3 Å². The van der Waals surface area contributed by atoms with Crippen LogP contribution in [-0.4, -0.2) is 43.4 Å². The lowest BCUT2D eigenvalue weighted by atomic mass is 10.2. The van der Waals surface area contributed by atoms with E-state index >= 15 is 0 Å². The predicted molar refractivity (Wildman–Crippen MR) is 65.8 cm³/mol. The Kier molecular flexibility index (Phi) is 6.66. The second kappa shape index (κ2) is 6.93. The third-order valence-electron chi connectivity index (χ3n) is 1.89. The third kappa shape index (κ3) is 7.30. The standard InChI is InChI=1S/C10H22N2O4S/c1-8(2)5-11-17(15,16)12(6-9(3)4)7-10(13)14/h8-9,11H,5-7H2,1-4H3,(H,13,14). The number of nitrogens with one attached hydrogen (secondary N) is 1. The molecule has 0 saturated carbocycles. The van der Waals surface area contributed by atoms with Crippen LogP contribution in [0.25, 0.3) is 0 Å². The Morgan fingerprint density at radius 3 is 2.12 bits per heavy atom. The average Bonchev–Trinajstić information content (AvgIpc) is 2.12. The highest BCUT2D eigenvalue weighted by atomic mass is 32.2. The maximum Gasteiger partial charge on any atom is 0.318 e. The topological polar surface area (TPSA) is 86.7 Å². The summed E-state index contributed by atoms with van der Waals surface area (Å²) in [6.45, 7) is 7.43. The molecule has 0 aliphatic heterocycles. The first-order valence-electron chi connectivity index (χ1n) is 5.61. The van der Waals surface area contributed by atoms with E-state index in [1.807, 2.05) is 27.7 Å². The number of carboxylic acids is 1. The first-order valence-corrected chi connectivity index (χ1v) is 7.05. The number of nitrogens with zero attached hydrogens (tertiary/aromatic N) is 1. The highest BCUT2D eigenvalue weighted by Gasteiger charge is 2.24. The molecule has 0 heterocycles. The molecule has 0 aliphatic carbocycles. The van der Waals surface area contributed by atoms with E-state index in [0.29, 0.717) is 6.54 Å².